The summed E-state index contributed by atoms with van der Waals surface area (Å²) in [5.41, 5.74) is 0. The molecule has 1 heterocycles. The first-order valence-corrected chi connectivity index (χ1v) is 5.77. The van der Waals surface area contributed by atoms with E-state index >= 15 is 0 Å². The maximum Gasteiger partial charge on any atom is 0.205 e. The van der Waals surface area contributed by atoms with Crippen molar-refractivity contribution >= 4 is 16.7 Å². The molecule has 1 aromatic rings. The van der Waals surface area contributed by atoms with Crippen LogP contribution in [0.3, 0.4) is 0 Å². The first-order valence-electron chi connectivity index (χ1n) is 5.00. The van der Waals surface area contributed by atoms with Gasteiger partial charge in [0.15, 0.2) is 0 Å². The van der Waals surface area contributed by atoms with Crippen molar-refractivity contribution in [3.8, 4) is 0 Å². The van der Waals surface area contributed by atoms with Crippen LogP contribution in [0.25, 0.3) is 0 Å². The zero-order chi connectivity index (χ0) is 10.4. The second-order valence-electron chi connectivity index (χ2n) is 3.00. The molecule has 0 aliphatic heterocycles. The maximum absolute atomic E-state index is 8.75. The van der Waals surface area contributed by atoms with Crippen LogP contribution in [0.15, 0.2) is 0 Å². The van der Waals surface area contributed by atoms with E-state index in [0.717, 1.165) is 36.9 Å². The number of anilines is 1. The van der Waals surface area contributed by atoms with E-state index in [1.807, 2.05) is 0 Å². The van der Waals surface area contributed by atoms with Crippen LogP contribution in [0.4, 0.5) is 5.13 Å². The fourth-order valence-corrected chi connectivity index (χ4v) is 2.01. The van der Waals surface area contributed by atoms with Crippen LogP contribution in [0.5, 0.6) is 0 Å². The van der Waals surface area contributed by atoms with Gasteiger partial charge in [-0.15, -0.1) is 0 Å². The molecule has 0 aliphatic rings. The fraction of sp³-hybridized carbons (Fsp3) is 0.778. The molecule has 80 valence electrons. The van der Waals surface area contributed by atoms with Crippen LogP contribution in [0.2, 0.25) is 0 Å². The van der Waals surface area contributed by atoms with E-state index in [1.165, 1.54) is 11.5 Å². The molecule has 5 heteroatoms. The van der Waals surface area contributed by atoms with E-state index in [-0.39, 0.29) is 6.61 Å². The third-order valence-electron chi connectivity index (χ3n) is 2.01. The molecule has 0 amide bonds. The van der Waals surface area contributed by atoms with Gasteiger partial charge < -0.3 is 10.0 Å². The smallest absolute Gasteiger partial charge is 0.205 e. The molecule has 0 saturated carbocycles. The van der Waals surface area contributed by atoms with Crippen molar-refractivity contribution in [3.05, 3.63) is 5.82 Å². The summed E-state index contributed by atoms with van der Waals surface area (Å²) >= 11 is 1.44. The number of aromatic nitrogens is 2. The molecule has 0 radical (unpaired) electrons. The van der Waals surface area contributed by atoms with Crippen LogP contribution >= 0.6 is 11.5 Å². The van der Waals surface area contributed by atoms with Crippen LogP contribution < -0.4 is 4.90 Å². The minimum Gasteiger partial charge on any atom is -0.396 e. The maximum atomic E-state index is 8.75. The minimum atomic E-state index is 0.232. The number of aliphatic hydroxyl groups is 1. The van der Waals surface area contributed by atoms with Gasteiger partial charge in [0.05, 0.1) is 0 Å². The molecule has 1 aromatic heterocycles. The summed E-state index contributed by atoms with van der Waals surface area (Å²) in [6.45, 7) is 6.14. The molecule has 0 fully saturated rings. The molecular weight excluding hydrogens is 198 g/mol. The average Bonchev–Trinajstić information content (AvgIpc) is 2.68. The number of hydrogen-bond acceptors (Lipinski definition) is 5. The van der Waals surface area contributed by atoms with Gasteiger partial charge in [-0.3, -0.25) is 0 Å². The van der Waals surface area contributed by atoms with Gasteiger partial charge in [-0.05, 0) is 13.3 Å². The summed E-state index contributed by atoms with van der Waals surface area (Å²) in [6, 6.07) is 0. The Bertz CT molecular complexity index is 264. The van der Waals surface area contributed by atoms with Gasteiger partial charge in [0.25, 0.3) is 0 Å². The highest BCUT2D eigenvalue weighted by molar-refractivity contribution is 7.09. The van der Waals surface area contributed by atoms with E-state index in [2.05, 4.69) is 28.1 Å². The lowest BCUT2D eigenvalue weighted by atomic mass is 10.4. The predicted molar refractivity (Wildman–Crippen MR) is 58.9 cm³/mol. The normalized spacial score (nSPS) is 10.5. The summed E-state index contributed by atoms with van der Waals surface area (Å²) in [5, 5.41) is 9.72. The lowest BCUT2D eigenvalue weighted by molar-refractivity contribution is 0.289. The third-order valence-corrected chi connectivity index (χ3v) is 2.83. The highest BCUT2D eigenvalue weighted by Gasteiger charge is 2.09. The SMILES string of the molecule is CCc1nsc(N(CC)CCCO)n1. The van der Waals surface area contributed by atoms with Gasteiger partial charge in [0.2, 0.25) is 5.13 Å². The van der Waals surface area contributed by atoms with Gasteiger partial charge in [-0.1, -0.05) is 6.92 Å². The molecular formula is C9H17N3OS. The molecule has 1 rings (SSSR count). The summed E-state index contributed by atoms with van der Waals surface area (Å²) in [6.07, 6.45) is 1.67. The molecule has 14 heavy (non-hydrogen) atoms. The lowest BCUT2D eigenvalue weighted by Gasteiger charge is -2.18. The number of aryl methyl sites for hydroxylation is 1. The van der Waals surface area contributed by atoms with Crippen molar-refractivity contribution in [2.75, 3.05) is 24.6 Å². The molecule has 1 N–H and O–H groups in total. The van der Waals surface area contributed by atoms with Crippen LogP contribution in [-0.2, 0) is 6.42 Å². The van der Waals surface area contributed by atoms with E-state index < -0.39 is 0 Å². The van der Waals surface area contributed by atoms with Crippen molar-refractivity contribution < 1.29 is 5.11 Å². The molecule has 4 nitrogen and oxygen atoms in total. The first-order chi connectivity index (χ1) is 6.81. The van der Waals surface area contributed by atoms with Crippen LogP contribution in [-0.4, -0.2) is 34.2 Å². The Balaban J connectivity index is 2.58. The number of hydrogen-bond donors (Lipinski definition) is 1. The number of rotatable bonds is 6. The van der Waals surface area contributed by atoms with Crippen molar-refractivity contribution in [3.63, 3.8) is 0 Å². The van der Waals surface area contributed by atoms with Gasteiger partial charge in [0.1, 0.15) is 5.82 Å². The van der Waals surface area contributed by atoms with Crippen molar-refractivity contribution in [2.24, 2.45) is 0 Å². The standard InChI is InChI=1S/C9H17N3OS/c1-3-8-10-9(14-11-8)12(4-2)6-5-7-13/h13H,3-7H2,1-2H3. The molecule has 0 aliphatic carbocycles. The summed E-state index contributed by atoms with van der Waals surface area (Å²) in [5.74, 6) is 0.910. The lowest BCUT2D eigenvalue weighted by Crippen LogP contribution is -2.24. The van der Waals surface area contributed by atoms with Gasteiger partial charge in [0, 0.05) is 37.6 Å². The molecule has 0 bridgehead atoms. The Morgan fingerprint density at radius 3 is 2.71 bits per heavy atom. The Hall–Kier alpha value is -0.680. The largest absolute Gasteiger partial charge is 0.396 e. The predicted octanol–water partition coefficient (Wildman–Crippen LogP) is 1.31. The Labute approximate surface area is 88.8 Å². The fourth-order valence-electron chi connectivity index (χ4n) is 1.17. The van der Waals surface area contributed by atoms with Gasteiger partial charge in [-0.25, -0.2) is 4.98 Å². The third kappa shape index (κ3) is 2.92. The molecule has 0 aromatic carbocycles. The zero-order valence-corrected chi connectivity index (χ0v) is 9.55. The minimum absolute atomic E-state index is 0.232. The second kappa shape index (κ2) is 5.93. The highest BCUT2D eigenvalue weighted by atomic mass is 32.1. The molecule has 0 unspecified atom stereocenters. The van der Waals surface area contributed by atoms with Crippen molar-refractivity contribution in [2.45, 2.75) is 26.7 Å². The molecule has 0 atom stereocenters. The summed E-state index contributed by atoms with van der Waals surface area (Å²) in [4.78, 5) is 6.55. The second-order valence-corrected chi connectivity index (χ2v) is 3.73. The van der Waals surface area contributed by atoms with Crippen molar-refractivity contribution in [1.29, 1.82) is 0 Å². The van der Waals surface area contributed by atoms with E-state index in [1.54, 1.807) is 0 Å². The Kier molecular flexibility index (Phi) is 4.82. The monoisotopic (exact) mass is 215 g/mol. The Morgan fingerprint density at radius 2 is 2.21 bits per heavy atom. The van der Waals surface area contributed by atoms with Gasteiger partial charge >= 0.3 is 0 Å². The van der Waals surface area contributed by atoms with Crippen LogP contribution in [0, 0.1) is 0 Å². The van der Waals surface area contributed by atoms with E-state index in [0.29, 0.717) is 0 Å². The summed E-state index contributed by atoms with van der Waals surface area (Å²) in [7, 11) is 0. The van der Waals surface area contributed by atoms with Crippen LogP contribution in [0.1, 0.15) is 26.1 Å². The molecule has 0 spiro atoms. The highest BCUT2D eigenvalue weighted by Crippen LogP contribution is 2.17. The Morgan fingerprint density at radius 1 is 1.43 bits per heavy atom. The van der Waals surface area contributed by atoms with Crippen molar-refractivity contribution in [1.82, 2.24) is 9.36 Å². The zero-order valence-electron chi connectivity index (χ0n) is 8.73. The quantitative estimate of drug-likeness (QED) is 0.777. The summed E-state index contributed by atoms with van der Waals surface area (Å²) < 4.78 is 4.24. The average molecular weight is 215 g/mol. The van der Waals surface area contributed by atoms with E-state index in [9.17, 15) is 0 Å². The first kappa shape index (κ1) is 11.4. The van der Waals surface area contributed by atoms with E-state index in [4.69, 9.17) is 5.11 Å². The molecule has 0 saturated heterocycles. The number of aliphatic hydroxyl groups excluding tert-OH is 1. The number of nitrogens with zero attached hydrogens (tertiary/aromatic N) is 3. The topological polar surface area (TPSA) is 49.2 Å². The van der Waals surface area contributed by atoms with Gasteiger partial charge in [-0.2, -0.15) is 4.37 Å².